The molecule has 4 nitrogen and oxygen atoms in total. The molecular formula is C19H22FNO3. The first-order valence-corrected chi connectivity index (χ1v) is 7.93. The predicted octanol–water partition coefficient (Wildman–Crippen LogP) is 3.56. The summed E-state index contributed by atoms with van der Waals surface area (Å²) in [5.74, 6) is 0.287. The number of unbranched alkanes of at least 4 members (excludes halogenated alkanes) is 1. The molecule has 0 spiro atoms. The average Bonchev–Trinajstić information content (AvgIpc) is 2.60. The number of nitrogens with one attached hydrogen (secondary N) is 1. The number of rotatable bonds is 9. The highest BCUT2D eigenvalue weighted by molar-refractivity contribution is 5.94. The van der Waals surface area contributed by atoms with Gasteiger partial charge in [0.1, 0.15) is 11.6 Å². The summed E-state index contributed by atoms with van der Waals surface area (Å²) >= 11 is 0. The van der Waals surface area contributed by atoms with Crippen molar-refractivity contribution in [3.05, 3.63) is 65.5 Å². The molecule has 0 saturated heterocycles. The number of hydrogen-bond donors (Lipinski definition) is 1. The topological polar surface area (TPSA) is 47.6 Å². The number of carbonyl (C=O) groups excluding carboxylic acids is 1. The van der Waals surface area contributed by atoms with Gasteiger partial charge in [0.25, 0.3) is 5.91 Å². The van der Waals surface area contributed by atoms with E-state index < -0.39 is 0 Å². The van der Waals surface area contributed by atoms with Gasteiger partial charge in [-0.3, -0.25) is 4.79 Å². The summed E-state index contributed by atoms with van der Waals surface area (Å²) in [5.41, 5.74) is 1.67. The van der Waals surface area contributed by atoms with Crippen LogP contribution < -0.4 is 10.1 Å². The second kappa shape index (κ2) is 9.67. The van der Waals surface area contributed by atoms with Crippen LogP contribution >= 0.6 is 0 Å². The van der Waals surface area contributed by atoms with Crippen molar-refractivity contribution in [3.63, 3.8) is 0 Å². The van der Waals surface area contributed by atoms with E-state index in [9.17, 15) is 9.18 Å². The van der Waals surface area contributed by atoms with Crippen LogP contribution in [0.4, 0.5) is 4.39 Å². The summed E-state index contributed by atoms with van der Waals surface area (Å²) in [5, 5.41) is 2.88. The minimum atomic E-state index is -0.277. The predicted molar refractivity (Wildman–Crippen MR) is 90.6 cm³/mol. The first-order valence-electron chi connectivity index (χ1n) is 7.93. The average molecular weight is 331 g/mol. The molecule has 0 aliphatic rings. The Bertz CT molecular complexity index is 626. The van der Waals surface area contributed by atoms with Crippen LogP contribution in [0.15, 0.2) is 48.5 Å². The van der Waals surface area contributed by atoms with Gasteiger partial charge in [-0.15, -0.1) is 0 Å². The van der Waals surface area contributed by atoms with Crippen molar-refractivity contribution < 1.29 is 18.7 Å². The Morgan fingerprint density at radius 3 is 2.42 bits per heavy atom. The van der Waals surface area contributed by atoms with Gasteiger partial charge in [0.05, 0.1) is 13.2 Å². The van der Waals surface area contributed by atoms with Crippen LogP contribution in [-0.2, 0) is 11.3 Å². The van der Waals surface area contributed by atoms with Gasteiger partial charge in [-0.2, -0.15) is 0 Å². The van der Waals surface area contributed by atoms with Gasteiger partial charge in [-0.05, 0) is 54.8 Å². The second-order valence-electron chi connectivity index (χ2n) is 5.40. The van der Waals surface area contributed by atoms with Gasteiger partial charge in [-0.1, -0.05) is 12.1 Å². The number of halogens is 1. The lowest BCUT2D eigenvalue weighted by atomic mass is 10.1. The highest BCUT2D eigenvalue weighted by Crippen LogP contribution is 2.11. The Hall–Kier alpha value is -2.40. The van der Waals surface area contributed by atoms with E-state index in [1.165, 1.54) is 12.1 Å². The van der Waals surface area contributed by atoms with Gasteiger partial charge in [-0.25, -0.2) is 4.39 Å². The van der Waals surface area contributed by atoms with E-state index in [-0.39, 0.29) is 11.7 Å². The third-order valence-corrected chi connectivity index (χ3v) is 3.47. The Morgan fingerprint density at radius 2 is 1.75 bits per heavy atom. The molecule has 2 aromatic rings. The normalized spacial score (nSPS) is 10.4. The number of ether oxygens (including phenoxy) is 2. The molecule has 0 aliphatic heterocycles. The van der Waals surface area contributed by atoms with E-state index in [0.717, 1.165) is 18.4 Å². The lowest BCUT2D eigenvalue weighted by Crippen LogP contribution is -2.24. The number of hydrogen-bond acceptors (Lipinski definition) is 3. The standard InChI is InChI=1S/C19H22FNO3/c1-23-14-15-4-6-16(7-5-15)19(22)21-12-2-3-13-24-18-10-8-17(20)9-11-18/h4-11H,2-3,12-14H2,1H3,(H,21,22). The molecule has 0 aromatic heterocycles. The molecule has 0 heterocycles. The van der Waals surface area contributed by atoms with Crippen molar-refractivity contribution in [2.75, 3.05) is 20.3 Å². The SMILES string of the molecule is COCc1ccc(C(=O)NCCCCOc2ccc(F)cc2)cc1. The molecule has 2 rings (SSSR count). The Labute approximate surface area is 141 Å². The van der Waals surface area contributed by atoms with Gasteiger partial charge >= 0.3 is 0 Å². The van der Waals surface area contributed by atoms with Crippen LogP contribution in [0, 0.1) is 5.82 Å². The monoisotopic (exact) mass is 331 g/mol. The van der Waals surface area contributed by atoms with E-state index in [1.807, 2.05) is 12.1 Å². The molecule has 0 saturated carbocycles. The molecule has 2 aromatic carbocycles. The zero-order valence-electron chi connectivity index (χ0n) is 13.8. The second-order valence-corrected chi connectivity index (χ2v) is 5.40. The van der Waals surface area contributed by atoms with Crippen LogP contribution in [-0.4, -0.2) is 26.2 Å². The Kier molecular flexibility index (Phi) is 7.23. The van der Waals surface area contributed by atoms with Gasteiger partial charge in [0.2, 0.25) is 0 Å². The van der Waals surface area contributed by atoms with Crippen molar-refractivity contribution in [1.82, 2.24) is 5.32 Å². The molecule has 128 valence electrons. The quantitative estimate of drug-likeness (QED) is 0.715. The molecule has 1 N–H and O–H groups in total. The lowest BCUT2D eigenvalue weighted by Gasteiger charge is -2.08. The number of benzene rings is 2. The van der Waals surface area contributed by atoms with Crippen molar-refractivity contribution >= 4 is 5.91 Å². The van der Waals surface area contributed by atoms with E-state index >= 15 is 0 Å². The molecule has 0 radical (unpaired) electrons. The summed E-state index contributed by atoms with van der Waals surface area (Å²) in [7, 11) is 1.64. The van der Waals surface area contributed by atoms with E-state index in [2.05, 4.69) is 5.32 Å². The maximum atomic E-state index is 12.7. The van der Waals surface area contributed by atoms with Crippen LogP contribution in [0.2, 0.25) is 0 Å². The third-order valence-electron chi connectivity index (χ3n) is 3.47. The first-order chi connectivity index (χ1) is 11.7. The van der Waals surface area contributed by atoms with Crippen LogP contribution in [0.1, 0.15) is 28.8 Å². The Morgan fingerprint density at radius 1 is 1.04 bits per heavy atom. The van der Waals surface area contributed by atoms with Crippen molar-refractivity contribution in [3.8, 4) is 5.75 Å². The number of amides is 1. The number of carbonyl (C=O) groups is 1. The van der Waals surface area contributed by atoms with Crippen LogP contribution in [0.25, 0.3) is 0 Å². The zero-order valence-corrected chi connectivity index (χ0v) is 13.8. The van der Waals surface area contributed by atoms with E-state index in [0.29, 0.717) is 31.1 Å². The summed E-state index contributed by atoms with van der Waals surface area (Å²) in [6, 6.07) is 13.3. The van der Waals surface area contributed by atoms with Crippen LogP contribution in [0.3, 0.4) is 0 Å². The van der Waals surface area contributed by atoms with E-state index in [4.69, 9.17) is 9.47 Å². The summed E-state index contributed by atoms with van der Waals surface area (Å²) in [6.07, 6.45) is 1.62. The molecule has 1 amide bonds. The maximum absolute atomic E-state index is 12.7. The van der Waals surface area contributed by atoms with Gasteiger partial charge < -0.3 is 14.8 Å². The molecular weight excluding hydrogens is 309 g/mol. The summed E-state index contributed by atoms with van der Waals surface area (Å²) in [6.45, 7) is 1.66. The number of methoxy groups -OCH3 is 1. The summed E-state index contributed by atoms with van der Waals surface area (Å²) < 4.78 is 23.3. The van der Waals surface area contributed by atoms with Gasteiger partial charge in [0.15, 0.2) is 0 Å². The highest BCUT2D eigenvalue weighted by Gasteiger charge is 2.04. The van der Waals surface area contributed by atoms with E-state index in [1.54, 1.807) is 31.4 Å². The molecule has 0 bridgehead atoms. The minimum absolute atomic E-state index is 0.0848. The third kappa shape index (κ3) is 6.01. The fraction of sp³-hybridized carbons (Fsp3) is 0.316. The zero-order chi connectivity index (χ0) is 17.2. The lowest BCUT2D eigenvalue weighted by molar-refractivity contribution is 0.0952. The smallest absolute Gasteiger partial charge is 0.251 e. The summed E-state index contributed by atoms with van der Waals surface area (Å²) in [4.78, 5) is 12.0. The molecule has 5 heteroatoms. The van der Waals surface area contributed by atoms with Gasteiger partial charge in [0, 0.05) is 19.2 Å². The fourth-order valence-corrected chi connectivity index (χ4v) is 2.17. The van der Waals surface area contributed by atoms with Crippen LogP contribution in [0.5, 0.6) is 5.75 Å². The fourth-order valence-electron chi connectivity index (χ4n) is 2.17. The molecule has 0 unspecified atom stereocenters. The Balaban J connectivity index is 1.61. The first kappa shape index (κ1) is 17.9. The highest BCUT2D eigenvalue weighted by atomic mass is 19.1. The van der Waals surface area contributed by atoms with Crippen molar-refractivity contribution in [2.24, 2.45) is 0 Å². The van der Waals surface area contributed by atoms with Crippen molar-refractivity contribution in [2.45, 2.75) is 19.4 Å². The van der Waals surface area contributed by atoms with Crippen molar-refractivity contribution in [1.29, 1.82) is 0 Å². The molecule has 0 fully saturated rings. The molecule has 0 aliphatic carbocycles. The maximum Gasteiger partial charge on any atom is 0.251 e. The largest absolute Gasteiger partial charge is 0.494 e. The molecule has 0 atom stereocenters. The minimum Gasteiger partial charge on any atom is -0.494 e. The molecule has 24 heavy (non-hydrogen) atoms.